The summed E-state index contributed by atoms with van der Waals surface area (Å²) in [5, 5.41) is 8.91. The molecule has 0 unspecified atom stereocenters. The van der Waals surface area contributed by atoms with Crippen molar-refractivity contribution in [2.45, 2.75) is 26.2 Å². The molecule has 0 saturated heterocycles. The fraction of sp³-hybridized carbons (Fsp3) is 0.357. The molecule has 3 nitrogen and oxygen atoms in total. The molecule has 0 aliphatic carbocycles. The van der Waals surface area contributed by atoms with E-state index in [2.05, 4.69) is 12.2 Å². The molecule has 2 heterocycles. The van der Waals surface area contributed by atoms with Crippen molar-refractivity contribution in [3.63, 3.8) is 0 Å². The first-order valence-corrected chi connectivity index (χ1v) is 6.78. The Labute approximate surface area is 112 Å². The predicted molar refractivity (Wildman–Crippen MR) is 74.8 cm³/mol. The summed E-state index contributed by atoms with van der Waals surface area (Å²) in [6, 6.07) is 7.81. The molecule has 1 aliphatic heterocycles. The molecule has 0 bridgehead atoms. The number of nitrogens with one attached hydrogen (secondary N) is 1. The summed E-state index contributed by atoms with van der Waals surface area (Å²) >= 11 is 5.93. The van der Waals surface area contributed by atoms with Crippen LogP contribution in [0.15, 0.2) is 24.3 Å². The molecule has 2 aromatic rings. The van der Waals surface area contributed by atoms with E-state index in [4.69, 9.17) is 16.7 Å². The van der Waals surface area contributed by atoms with Crippen LogP contribution in [0.25, 0.3) is 5.69 Å². The molecule has 4 heteroatoms. The normalized spacial score (nSPS) is 13.4. The maximum atomic E-state index is 5.93. The van der Waals surface area contributed by atoms with Crippen molar-refractivity contribution in [3.05, 3.63) is 40.5 Å². The van der Waals surface area contributed by atoms with Crippen LogP contribution in [-0.4, -0.2) is 16.3 Å². The zero-order valence-electron chi connectivity index (χ0n) is 10.4. The molecule has 0 radical (unpaired) electrons. The third-order valence-corrected chi connectivity index (χ3v) is 3.54. The molecule has 1 aromatic carbocycles. The van der Waals surface area contributed by atoms with Gasteiger partial charge in [0.25, 0.3) is 0 Å². The van der Waals surface area contributed by atoms with Gasteiger partial charge in [-0.15, -0.1) is 0 Å². The van der Waals surface area contributed by atoms with Gasteiger partial charge in [0, 0.05) is 17.1 Å². The van der Waals surface area contributed by atoms with Gasteiger partial charge in [0.1, 0.15) is 5.82 Å². The van der Waals surface area contributed by atoms with Gasteiger partial charge < -0.3 is 5.32 Å². The molecule has 0 atom stereocenters. The molecule has 0 amide bonds. The van der Waals surface area contributed by atoms with Crippen molar-refractivity contribution in [2.75, 3.05) is 11.9 Å². The second-order valence-electron chi connectivity index (χ2n) is 4.59. The van der Waals surface area contributed by atoms with Crippen LogP contribution < -0.4 is 5.32 Å². The molecule has 0 spiro atoms. The van der Waals surface area contributed by atoms with Crippen LogP contribution >= 0.6 is 11.6 Å². The van der Waals surface area contributed by atoms with Gasteiger partial charge >= 0.3 is 0 Å². The van der Waals surface area contributed by atoms with Crippen molar-refractivity contribution in [2.24, 2.45) is 0 Å². The van der Waals surface area contributed by atoms with E-state index in [1.807, 2.05) is 28.9 Å². The Balaban J connectivity index is 2.07. The Hall–Kier alpha value is -1.48. The second-order valence-corrected chi connectivity index (χ2v) is 5.03. The van der Waals surface area contributed by atoms with E-state index < -0.39 is 0 Å². The van der Waals surface area contributed by atoms with Crippen LogP contribution in [0.1, 0.15) is 24.6 Å². The Kier molecular flexibility index (Phi) is 3.00. The summed E-state index contributed by atoms with van der Waals surface area (Å²) in [5.41, 5.74) is 3.67. The second kappa shape index (κ2) is 4.65. The van der Waals surface area contributed by atoms with Crippen molar-refractivity contribution in [1.29, 1.82) is 0 Å². The molecule has 1 N–H and O–H groups in total. The molecule has 0 fully saturated rings. The number of nitrogens with zero attached hydrogens (tertiary/aromatic N) is 2. The van der Waals surface area contributed by atoms with Crippen molar-refractivity contribution in [1.82, 2.24) is 9.78 Å². The molecule has 18 heavy (non-hydrogen) atoms. The average Bonchev–Trinajstić information content (AvgIpc) is 2.95. The first kappa shape index (κ1) is 11.6. The van der Waals surface area contributed by atoms with Gasteiger partial charge in [-0.05, 0) is 37.1 Å². The number of halogens is 1. The van der Waals surface area contributed by atoms with E-state index in [0.717, 1.165) is 42.3 Å². The number of aryl methyl sites for hydroxylation is 1. The van der Waals surface area contributed by atoms with Gasteiger partial charge in [0.15, 0.2) is 0 Å². The van der Waals surface area contributed by atoms with E-state index in [0.29, 0.717) is 0 Å². The summed E-state index contributed by atoms with van der Waals surface area (Å²) in [6.45, 7) is 3.20. The Morgan fingerprint density at radius 2 is 2.11 bits per heavy atom. The number of hydrogen-bond acceptors (Lipinski definition) is 2. The topological polar surface area (TPSA) is 29.9 Å². The molecule has 3 rings (SSSR count). The number of fused-ring (bicyclic) bond motifs is 1. The minimum absolute atomic E-state index is 0.754. The molecular formula is C14H16ClN3. The lowest BCUT2D eigenvalue weighted by molar-refractivity contribution is 0.796. The van der Waals surface area contributed by atoms with E-state index in [-0.39, 0.29) is 0 Å². The van der Waals surface area contributed by atoms with Crippen LogP contribution in [0, 0.1) is 0 Å². The van der Waals surface area contributed by atoms with Crippen LogP contribution in [0.4, 0.5) is 5.82 Å². The SMILES string of the molecule is CCCc1nn(-c2ccc(Cl)cc2)c2c1CCN2. The van der Waals surface area contributed by atoms with Crippen molar-refractivity contribution < 1.29 is 0 Å². The number of benzene rings is 1. The average molecular weight is 262 g/mol. The van der Waals surface area contributed by atoms with Crippen LogP contribution in [0.2, 0.25) is 5.02 Å². The zero-order valence-corrected chi connectivity index (χ0v) is 11.2. The maximum absolute atomic E-state index is 5.93. The highest BCUT2D eigenvalue weighted by Crippen LogP contribution is 2.29. The van der Waals surface area contributed by atoms with Crippen molar-refractivity contribution >= 4 is 17.4 Å². The van der Waals surface area contributed by atoms with Crippen LogP contribution in [0.3, 0.4) is 0 Å². The zero-order chi connectivity index (χ0) is 12.5. The van der Waals surface area contributed by atoms with Gasteiger partial charge in [-0.3, -0.25) is 0 Å². The molecule has 94 valence electrons. The standard InChI is InChI=1S/C14H16ClN3/c1-2-3-13-12-8-9-16-14(12)18(17-13)11-6-4-10(15)5-7-11/h4-7,16H,2-3,8-9H2,1H3. The lowest BCUT2D eigenvalue weighted by Crippen LogP contribution is -2.04. The minimum Gasteiger partial charge on any atom is -0.369 e. The predicted octanol–water partition coefficient (Wildman–Crippen LogP) is 3.45. The van der Waals surface area contributed by atoms with E-state index in [9.17, 15) is 0 Å². The summed E-state index contributed by atoms with van der Waals surface area (Å²) in [5.74, 6) is 1.15. The van der Waals surface area contributed by atoms with E-state index in [1.54, 1.807) is 0 Å². The lowest BCUT2D eigenvalue weighted by Gasteiger charge is -2.06. The molecule has 1 aliphatic rings. The third kappa shape index (κ3) is 1.89. The number of hydrogen-bond donors (Lipinski definition) is 1. The molecular weight excluding hydrogens is 246 g/mol. The Morgan fingerprint density at radius 3 is 2.83 bits per heavy atom. The largest absolute Gasteiger partial charge is 0.369 e. The summed E-state index contributed by atoms with van der Waals surface area (Å²) < 4.78 is 2.00. The highest BCUT2D eigenvalue weighted by molar-refractivity contribution is 6.30. The first-order valence-electron chi connectivity index (χ1n) is 6.40. The summed E-state index contributed by atoms with van der Waals surface area (Å²) in [4.78, 5) is 0. The van der Waals surface area contributed by atoms with Crippen LogP contribution in [0.5, 0.6) is 0 Å². The quantitative estimate of drug-likeness (QED) is 0.917. The van der Waals surface area contributed by atoms with Gasteiger partial charge in [-0.25, -0.2) is 4.68 Å². The van der Waals surface area contributed by atoms with Gasteiger partial charge in [0.05, 0.1) is 11.4 Å². The third-order valence-electron chi connectivity index (χ3n) is 3.29. The first-order chi connectivity index (χ1) is 8.79. The van der Waals surface area contributed by atoms with Gasteiger partial charge in [0.2, 0.25) is 0 Å². The number of rotatable bonds is 3. The summed E-state index contributed by atoms with van der Waals surface area (Å²) in [6.07, 6.45) is 3.26. The monoisotopic (exact) mass is 261 g/mol. The summed E-state index contributed by atoms with van der Waals surface area (Å²) in [7, 11) is 0. The molecule has 1 aromatic heterocycles. The van der Waals surface area contributed by atoms with Gasteiger partial charge in [-0.1, -0.05) is 24.9 Å². The van der Waals surface area contributed by atoms with E-state index >= 15 is 0 Å². The van der Waals surface area contributed by atoms with Gasteiger partial charge in [-0.2, -0.15) is 5.10 Å². The van der Waals surface area contributed by atoms with E-state index in [1.165, 1.54) is 11.3 Å². The Bertz CT molecular complexity index is 557. The fourth-order valence-corrected chi connectivity index (χ4v) is 2.58. The maximum Gasteiger partial charge on any atom is 0.133 e. The van der Waals surface area contributed by atoms with Crippen LogP contribution in [-0.2, 0) is 12.8 Å². The minimum atomic E-state index is 0.754. The highest BCUT2D eigenvalue weighted by Gasteiger charge is 2.22. The lowest BCUT2D eigenvalue weighted by atomic mass is 10.1. The Morgan fingerprint density at radius 1 is 1.33 bits per heavy atom. The fourth-order valence-electron chi connectivity index (χ4n) is 2.45. The van der Waals surface area contributed by atoms with Crippen molar-refractivity contribution in [3.8, 4) is 5.69 Å². The smallest absolute Gasteiger partial charge is 0.133 e. The molecule has 0 saturated carbocycles. The number of anilines is 1. The highest BCUT2D eigenvalue weighted by atomic mass is 35.5. The number of aromatic nitrogens is 2.